The maximum absolute atomic E-state index is 9.37. The van der Waals surface area contributed by atoms with Gasteiger partial charge in [0.05, 0.1) is 0 Å². The van der Waals surface area contributed by atoms with Crippen LogP contribution in [0.5, 0.6) is 0 Å². The third-order valence-corrected chi connectivity index (χ3v) is 2.22. The Hall–Kier alpha value is -0.610. The lowest BCUT2D eigenvalue weighted by molar-refractivity contribution is -0.136. The molecule has 16 heavy (non-hydrogen) atoms. The molecule has 1 aliphatic heterocycles. The highest BCUT2D eigenvalue weighted by molar-refractivity contribution is 5.66. The average molecular weight is 233 g/mol. The number of carboxylic acids is 1. The van der Waals surface area contributed by atoms with Crippen LogP contribution in [-0.4, -0.2) is 48.8 Å². The normalized spacial score (nSPS) is 12.8. The minimum absolute atomic E-state index is 0.222. The van der Waals surface area contributed by atoms with Crippen molar-refractivity contribution in [2.24, 2.45) is 0 Å². The van der Waals surface area contributed by atoms with Gasteiger partial charge in [0.15, 0.2) is 0 Å². The predicted molar refractivity (Wildman–Crippen MR) is 66.8 cm³/mol. The van der Waals surface area contributed by atoms with Crippen molar-refractivity contribution in [3.8, 4) is 0 Å². The molecule has 0 aliphatic carbocycles. The van der Waals surface area contributed by atoms with Crippen LogP contribution < -0.4 is 0 Å². The molecular formula is C12H27NO3. The van der Waals surface area contributed by atoms with Crippen molar-refractivity contribution in [1.29, 1.82) is 0 Å². The molecule has 98 valence electrons. The molecular weight excluding hydrogens is 206 g/mol. The van der Waals surface area contributed by atoms with Gasteiger partial charge < -0.3 is 14.7 Å². The first-order valence-corrected chi connectivity index (χ1v) is 6.14. The van der Waals surface area contributed by atoms with E-state index >= 15 is 0 Å². The fraction of sp³-hybridized carbons (Fsp3) is 0.917. The third-order valence-electron chi connectivity index (χ3n) is 2.22. The minimum atomic E-state index is -0.745. The third kappa shape index (κ3) is 15.8. The van der Waals surface area contributed by atoms with E-state index in [0.717, 1.165) is 13.2 Å². The first kappa shape index (κ1) is 17.8. The first-order chi connectivity index (χ1) is 7.62. The van der Waals surface area contributed by atoms with Crippen LogP contribution in [0.3, 0.4) is 0 Å². The number of hydrogen-bond acceptors (Lipinski definition) is 3. The zero-order valence-corrected chi connectivity index (χ0v) is 11.2. The fourth-order valence-corrected chi connectivity index (χ4v) is 0.815. The second kappa shape index (κ2) is 14.4. The molecule has 0 aromatic heterocycles. The Morgan fingerprint density at radius 2 is 1.38 bits per heavy atom. The molecule has 1 rings (SSSR count). The van der Waals surface area contributed by atoms with Crippen LogP contribution in [0.4, 0.5) is 0 Å². The molecule has 0 bridgehead atoms. The van der Waals surface area contributed by atoms with E-state index in [4.69, 9.17) is 9.84 Å². The summed E-state index contributed by atoms with van der Waals surface area (Å²) in [5.41, 5.74) is 0. The number of nitrogens with zero attached hydrogens (tertiary/aromatic N) is 1. The molecule has 1 saturated heterocycles. The molecule has 1 N–H and O–H groups in total. The van der Waals surface area contributed by atoms with Gasteiger partial charge in [-0.1, -0.05) is 27.7 Å². The SMILES string of the molecule is C1COC1.CCC(=O)O.CCN(CC)CC. The number of hydrogen-bond donors (Lipinski definition) is 1. The molecule has 4 nitrogen and oxygen atoms in total. The Labute approximate surface area is 99.6 Å². The lowest BCUT2D eigenvalue weighted by Crippen LogP contribution is -2.21. The second-order valence-electron chi connectivity index (χ2n) is 3.33. The summed E-state index contributed by atoms with van der Waals surface area (Å²) in [5, 5.41) is 7.72. The fourth-order valence-electron chi connectivity index (χ4n) is 0.815. The van der Waals surface area contributed by atoms with E-state index in [1.165, 1.54) is 26.1 Å². The Bertz CT molecular complexity index is 134. The van der Waals surface area contributed by atoms with Crippen LogP contribution in [0.25, 0.3) is 0 Å². The minimum Gasteiger partial charge on any atom is -0.481 e. The molecule has 0 unspecified atom stereocenters. The van der Waals surface area contributed by atoms with Crippen molar-refractivity contribution in [2.75, 3.05) is 32.8 Å². The molecule has 0 amide bonds. The summed E-state index contributed by atoms with van der Waals surface area (Å²) in [7, 11) is 0. The highest BCUT2D eigenvalue weighted by Gasteiger charge is 1.94. The Kier molecular flexibility index (Phi) is 16.0. The molecule has 0 radical (unpaired) electrons. The van der Waals surface area contributed by atoms with E-state index in [2.05, 4.69) is 25.7 Å². The number of carbonyl (C=O) groups is 1. The van der Waals surface area contributed by atoms with Crippen molar-refractivity contribution in [1.82, 2.24) is 4.90 Å². The van der Waals surface area contributed by atoms with Gasteiger partial charge in [-0.25, -0.2) is 0 Å². The van der Waals surface area contributed by atoms with Crippen LogP contribution in [0.2, 0.25) is 0 Å². The second-order valence-corrected chi connectivity index (χ2v) is 3.33. The van der Waals surface area contributed by atoms with Crippen molar-refractivity contribution in [3.05, 3.63) is 0 Å². The van der Waals surface area contributed by atoms with E-state index in [9.17, 15) is 4.79 Å². The van der Waals surface area contributed by atoms with Gasteiger partial charge in [-0.15, -0.1) is 0 Å². The van der Waals surface area contributed by atoms with E-state index < -0.39 is 5.97 Å². The standard InChI is InChI=1S/C6H15N.C3H6O2.C3H6O/c1-4-7(5-2)6-3;1-2-3(4)5;1-2-4-3-1/h4-6H2,1-3H3;2H2,1H3,(H,4,5);1-3H2. The monoisotopic (exact) mass is 233 g/mol. The number of carboxylic acid groups (broad SMARTS) is 1. The Morgan fingerprint density at radius 1 is 1.12 bits per heavy atom. The van der Waals surface area contributed by atoms with Crippen LogP contribution in [0.1, 0.15) is 40.5 Å². The first-order valence-electron chi connectivity index (χ1n) is 6.14. The molecule has 0 aromatic carbocycles. The average Bonchev–Trinajstić information content (AvgIpc) is 2.19. The van der Waals surface area contributed by atoms with E-state index in [-0.39, 0.29) is 6.42 Å². The summed E-state index contributed by atoms with van der Waals surface area (Å²) >= 11 is 0. The Balaban J connectivity index is 0. The van der Waals surface area contributed by atoms with Gasteiger partial charge in [-0.2, -0.15) is 0 Å². The van der Waals surface area contributed by atoms with Crippen molar-refractivity contribution < 1.29 is 14.6 Å². The van der Waals surface area contributed by atoms with Gasteiger partial charge in [-0.05, 0) is 26.1 Å². The Morgan fingerprint density at radius 3 is 1.38 bits per heavy atom. The van der Waals surface area contributed by atoms with Gasteiger partial charge >= 0.3 is 5.97 Å². The van der Waals surface area contributed by atoms with Gasteiger partial charge in [0.1, 0.15) is 0 Å². The van der Waals surface area contributed by atoms with Gasteiger partial charge in [0.25, 0.3) is 0 Å². The molecule has 1 aliphatic rings. The summed E-state index contributed by atoms with van der Waals surface area (Å²) in [6.07, 6.45) is 1.50. The molecule has 0 atom stereocenters. The maximum atomic E-state index is 9.37. The van der Waals surface area contributed by atoms with Crippen LogP contribution in [-0.2, 0) is 9.53 Å². The lowest BCUT2D eigenvalue weighted by atomic mass is 10.4. The van der Waals surface area contributed by atoms with E-state index in [1.54, 1.807) is 6.92 Å². The van der Waals surface area contributed by atoms with Gasteiger partial charge in [0.2, 0.25) is 0 Å². The molecule has 0 saturated carbocycles. The maximum Gasteiger partial charge on any atom is 0.303 e. The zero-order valence-electron chi connectivity index (χ0n) is 11.2. The molecule has 1 heterocycles. The van der Waals surface area contributed by atoms with Crippen LogP contribution >= 0.6 is 0 Å². The molecule has 0 spiro atoms. The van der Waals surface area contributed by atoms with Gasteiger partial charge in [0, 0.05) is 19.6 Å². The van der Waals surface area contributed by atoms with Crippen LogP contribution in [0.15, 0.2) is 0 Å². The largest absolute Gasteiger partial charge is 0.481 e. The number of rotatable bonds is 4. The smallest absolute Gasteiger partial charge is 0.303 e. The summed E-state index contributed by atoms with van der Waals surface area (Å²) in [6.45, 7) is 13.7. The summed E-state index contributed by atoms with van der Waals surface area (Å²) in [4.78, 5) is 11.7. The van der Waals surface area contributed by atoms with Crippen molar-refractivity contribution in [2.45, 2.75) is 40.5 Å². The summed E-state index contributed by atoms with van der Waals surface area (Å²) < 4.78 is 4.72. The predicted octanol–water partition coefficient (Wildman–Crippen LogP) is 2.24. The van der Waals surface area contributed by atoms with E-state index in [1.807, 2.05) is 0 Å². The molecule has 1 fully saturated rings. The van der Waals surface area contributed by atoms with Gasteiger partial charge in [-0.3, -0.25) is 4.79 Å². The number of aliphatic carboxylic acids is 1. The highest BCUT2D eigenvalue weighted by atomic mass is 16.5. The van der Waals surface area contributed by atoms with Crippen LogP contribution in [0, 0.1) is 0 Å². The van der Waals surface area contributed by atoms with E-state index in [0.29, 0.717) is 0 Å². The summed E-state index contributed by atoms with van der Waals surface area (Å²) in [6, 6.07) is 0. The topological polar surface area (TPSA) is 49.8 Å². The zero-order chi connectivity index (χ0) is 12.8. The number of ether oxygens (including phenoxy) is 1. The van der Waals surface area contributed by atoms with Crippen molar-refractivity contribution >= 4 is 5.97 Å². The summed E-state index contributed by atoms with van der Waals surface area (Å²) in [5.74, 6) is -0.745. The highest BCUT2D eigenvalue weighted by Crippen LogP contribution is 1.93. The quantitative estimate of drug-likeness (QED) is 0.809. The molecule has 4 heteroatoms. The molecule has 0 aromatic rings. The van der Waals surface area contributed by atoms with Crippen molar-refractivity contribution in [3.63, 3.8) is 0 Å². The lowest BCUT2D eigenvalue weighted by Gasteiger charge is -2.13.